The predicted molar refractivity (Wildman–Crippen MR) is 72.4 cm³/mol. The molecule has 1 N–H and O–H groups in total. The normalized spacial score (nSPS) is 17.8. The van der Waals surface area contributed by atoms with Crippen LogP contribution in [0.3, 0.4) is 0 Å². The van der Waals surface area contributed by atoms with Crippen molar-refractivity contribution in [1.29, 1.82) is 0 Å². The molecular formula is C14H22ClN. The Hall–Kier alpha value is -0.530. The molecule has 0 saturated carbocycles. The Morgan fingerprint density at radius 3 is 1.94 bits per heavy atom. The van der Waals surface area contributed by atoms with Crippen molar-refractivity contribution in [1.82, 2.24) is 5.32 Å². The second-order valence-corrected chi connectivity index (χ2v) is 4.48. The monoisotopic (exact) mass is 239 g/mol. The summed E-state index contributed by atoms with van der Waals surface area (Å²) in [6.07, 6.45) is 7.75. The molecule has 1 aromatic carbocycles. The van der Waals surface area contributed by atoms with Gasteiger partial charge in [-0.25, -0.2) is 0 Å². The van der Waals surface area contributed by atoms with Gasteiger partial charge in [-0.2, -0.15) is 0 Å². The molecule has 1 aromatic rings. The van der Waals surface area contributed by atoms with Crippen LogP contribution in [0.4, 0.5) is 0 Å². The SMILES string of the molecule is Cl.c1cc2ccc1CCCCCNCCC2. The average molecular weight is 240 g/mol. The summed E-state index contributed by atoms with van der Waals surface area (Å²) in [5.41, 5.74) is 2.99. The lowest BCUT2D eigenvalue weighted by atomic mass is 10.0. The zero-order chi connectivity index (χ0) is 10.3. The molecule has 16 heavy (non-hydrogen) atoms. The van der Waals surface area contributed by atoms with Gasteiger partial charge in [0, 0.05) is 0 Å². The molecule has 0 aliphatic carbocycles. The van der Waals surface area contributed by atoms with Gasteiger partial charge in [0.2, 0.25) is 0 Å². The lowest BCUT2D eigenvalue weighted by Gasteiger charge is -2.03. The van der Waals surface area contributed by atoms with Gasteiger partial charge in [-0.3, -0.25) is 0 Å². The number of hydrogen-bond acceptors (Lipinski definition) is 1. The summed E-state index contributed by atoms with van der Waals surface area (Å²) < 4.78 is 0. The third-order valence-corrected chi connectivity index (χ3v) is 3.16. The van der Waals surface area contributed by atoms with Crippen LogP contribution in [0, 0.1) is 0 Å². The Labute approximate surface area is 105 Å². The van der Waals surface area contributed by atoms with Gasteiger partial charge in [0.1, 0.15) is 0 Å². The molecule has 0 saturated heterocycles. The zero-order valence-electron chi connectivity index (χ0n) is 9.87. The molecule has 90 valence electrons. The maximum absolute atomic E-state index is 3.51. The van der Waals surface area contributed by atoms with Crippen molar-refractivity contribution in [3.8, 4) is 0 Å². The van der Waals surface area contributed by atoms with E-state index < -0.39 is 0 Å². The number of fused-ring (bicyclic) bond motifs is 10. The molecule has 0 spiro atoms. The standard InChI is InChI=1S/C14H21N.ClH/c1-2-5-13-7-9-14(10-8-13)6-4-12-15-11-3-1;/h7-10,15H,1-6,11-12H2;1H. The van der Waals surface area contributed by atoms with Crippen LogP contribution >= 0.6 is 12.4 Å². The van der Waals surface area contributed by atoms with Crippen molar-refractivity contribution in [3.63, 3.8) is 0 Å². The Bertz CT molecular complexity index is 252. The van der Waals surface area contributed by atoms with Gasteiger partial charge in [0.25, 0.3) is 0 Å². The third kappa shape index (κ3) is 4.54. The molecule has 2 heteroatoms. The van der Waals surface area contributed by atoms with E-state index in [1.54, 1.807) is 0 Å². The summed E-state index contributed by atoms with van der Waals surface area (Å²) in [7, 11) is 0. The maximum Gasteiger partial charge on any atom is -0.00457 e. The van der Waals surface area contributed by atoms with E-state index in [1.807, 2.05) is 0 Å². The summed E-state index contributed by atoms with van der Waals surface area (Å²) in [5.74, 6) is 0. The molecule has 2 aliphatic rings. The first kappa shape index (κ1) is 13.5. The Morgan fingerprint density at radius 2 is 1.25 bits per heavy atom. The Morgan fingerprint density at radius 1 is 0.688 bits per heavy atom. The fourth-order valence-electron chi connectivity index (χ4n) is 2.17. The smallest absolute Gasteiger partial charge is 0.00457 e. The van der Waals surface area contributed by atoms with E-state index in [0.29, 0.717) is 0 Å². The maximum atomic E-state index is 3.51. The Kier molecular flexibility index (Phi) is 6.51. The highest BCUT2D eigenvalue weighted by Crippen LogP contribution is 2.10. The van der Waals surface area contributed by atoms with Crippen LogP contribution in [0.15, 0.2) is 24.3 Å². The minimum atomic E-state index is 0. The first-order valence-corrected chi connectivity index (χ1v) is 6.24. The number of halogens is 1. The van der Waals surface area contributed by atoms with Crippen molar-refractivity contribution >= 4 is 12.4 Å². The van der Waals surface area contributed by atoms with Crippen LogP contribution in [-0.2, 0) is 12.8 Å². The van der Waals surface area contributed by atoms with Gasteiger partial charge in [-0.05, 0) is 56.3 Å². The van der Waals surface area contributed by atoms with Gasteiger partial charge < -0.3 is 5.32 Å². The van der Waals surface area contributed by atoms with E-state index in [2.05, 4.69) is 29.6 Å². The number of aryl methyl sites for hydroxylation is 2. The second-order valence-electron chi connectivity index (χ2n) is 4.48. The second kappa shape index (κ2) is 7.70. The van der Waals surface area contributed by atoms with Crippen LogP contribution in [0.2, 0.25) is 0 Å². The summed E-state index contributed by atoms with van der Waals surface area (Å²) in [6, 6.07) is 9.21. The molecule has 0 atom stereocenters. The van der Waals surface area contributed by atoms with Crippen molar-refractivity contribution in [2.75, 3.05) is 13.1 Å². The molecule has 1 nitrogen and oxygen atoms in total. The van der Waals surface area contributed by atoms with Gasteiger partial charge in [0.05, 0.1) is 0 Å². The topological polar surface area (TPSA) is 12.0 Å². The van der Waals surface area contributed by atoms with E-state index >= 15 is 0 Å². The van der Waals surface area contributed by atoms with Crippen LogP contribution in [0.5, 0.6) is 0 Å². The fourth-order valence-corrected chi connectivity index (χ4v) is 2.17. The molecule has 2 aliphatic heterocycles. The van der Waals surface area contributed by atoms with Gasteiger partial charge in [0.15, 0.2) is 0 Å². The van der Waals surface area contributed by atoms with E-state index in [4.69, 9.17) is 0 Å². The van der Waals surface area contributed by atoms with Gasteiger partial charge >= 0.3 is 0 Å². The van der Waals surface area contributed by atoms with E-state index in [-0.39, 0.29) is 12.4 Å². The largest absolute Gasteiger partial charge is 0.317 e. The zero-order valence-corrected chi connectivity index (χ0v) is 10.7. The number of nitrogens with one attached hydrogen (secondary N) is 1. The first-order chi connectivity index (χ1) is 7.45. The molecule has 0 unspecified atom stereocenters. The van der Waals surface area contributed by atoms with Gasteiger partial charge in [-0.1, -0.05) is 30.7 Å². The lowest BCUT2D eigenvalue weighted by molar-refractivity contribution is 0.591. The predicted octanol–water partition coefficient (Wildman–Crippen LogP) is 3.36. The van der Waals surface area contributed by atoms with E-state index in [9.17, 15) is 0 Å². The molecule has 2 heterocycles. The van der Waals surface area contributed by atoms with Crippen LogP contribution in [0.1, 0.15) is 36.8 Å². The first-order valence-electron chi connectivity index (χ1n) is 6.24. The lowest BCUT2D eigenvalue weighted by Crippen LogP contribution is -2.17. The van der Waals surface area contributed by atoms with Crippen molar-refractivity contribution in [3.05, 3.63) is 35.4 Å². The summed E-state index contributed by atoms with van der Waals surface area (Å²) in [4.78, 5) is 0. The molecule has 3 rings (SSSR count). The highest BCUT2D eigenvalue weighted by Gasteiger charge is 1.98. The average Bonchev–Trinajstić information content (AvgIpc) is 2.31. The quantitative estimate of drug-likeness (QED) is 0.732. The third-order valence-electron chi connectivity index (χ3n) is 3.16. The van der Waals surface area contributed by atoms with Crippen molar-refractivity contribution in [2.24, 2.45) is 0 Å². The molecule has 0 amide bonds. The number of benzene rings is 1. The minimum absolute atomic E-state index is 0. The van der Waals surface area contributed by atoms with Crippen LogP contribution < -0.4 is 5.32 Å². The molecule has 0 fully saturated rings. The molecule has 0 aromatic heterocycles. The van der Waals surface area contributed by atoms with E-state index in [1.165, 1.54) is 62.7 Å². The molecular weight excluding hydrogens is 218 g/mol. The molecule has 0 radical (unpaired) electrons. The van der Waals surface area contributed by atoms with Crippen LogP contribution in [0.25, 0.3) is 0 Å². The number of hydrogen-bond donors (Lipinski definition) is 1. The number of rotatable bonds is 0. The van der Waals surface area contributed by atoms with Crippen molar-refractivity contribution < 1.29 is 0 Å². The fraction of sp³-hybridized carbons (Fsp3) is 0.571. The summed E-state index contributed by atoms with van der Waals surface area (Å²) in [5, 5.41) is 3.51. The van der Waals surface area contributed by atoms with E-state index in [0.717, 1.165) is 0 Å². The minimum Gasteiger partial charge on any atom is -0.317 e. The Balaban J connectivity index is 0.00000128. The van der Waals surface area contributed by atoms with Crippen LogP contribution in [-0.4, -0.2) is 13.1 Å². The van der Waals surface area contributed by atoms with Gasteiger partial charge in [-0.15, -0.1) is 12.4 Å². The molecule has 2 bridgehead atoms. The highest BCUT2D eigenvalue weighted by molar-refractivity contribution is 5.85. The van der Waals surface area contributed by atoms with Crippen molar-refractivity contribution in [2.45, 2.75) is 38.5 Å². The summed E-state index contributed by atoms with van der Waals surface area (Å²) >= 11 is 0. The highest BCUT2D eigenvalue weighted by atomic mass is 35.5. The summed E-state index contributed by atoms with van der Waals surface area (Å²) in [6.45, 7) is 2.37.